The van der Waals surface area contributed by atoms with E-state index in [9.17, 15) is 18.0 Å². The first-order valence-corrected chi connectivity index (χ1v) is 6.65. The van der Waals surface area contributed by atoms with Crippen LogP contribution in [0.4, 0.5) is 13.2 Å². The van der Waals surface area contributed by atoms with E-state index in [0.717, 1.165) is 11.6 Å². The van der Waals surface area contributed by atoms with Gasteiger partial charge in [-0.15, -0.1) is 0 Å². The molecule has 0 aliphatic carbocycles. The minimum atomic E-state index is -4.30. The number of thioether (sulfide) groups is 1. The van der Waals surface area contributed by atoms with Gasteiger partial charge in [-0.2, -0.15) is 13.2 Å². The second kappa shape index (κ2) is 8.27. The molecule has 1 aromatic carbocycles. The number of ketones is 1. The summed E-state index contributed by atoms with van der Waals surface area (Å²) >= 11 is -0.169. The van der Waals surface area contributed by atoms with Crippen molar-refractivity contribution in [3.05, 3.63) is 42.2 Å². The van der Waals surface area contributed by atoms with Gasteiger partial charge in [0.2, 0.25) is 0 Å². The van der Waals surface area contributed by atoms with Crippen molar-refractivity contribution in [1.82, 2.24) is 0 Å². The van der Waals surface area contributed by atoms with Crippen LogP contribution in [0.2, 0.25) is 0 Å². The molecule has 0 bridgehead atoms. The van der Waals surface area contributed by atoms with Gasteiger partial charge in [0.25, 0.3) is 0 Å². The van der Waals surface area contributed by atoms with E-state index in [1.807, 2.05) is 0 Å². The SMILES string of the molecule is CC(C)(Cc1ccc(SC(F)(F)F)cc1)C(=O)C=CO.[Na]. The Morgan fingerprint density at radius 2 is 1.76 bits per heavy atom. The Kier molecular flexibility index (Phi) is 8.10. The summed E-state index contributed by atoms with van der Waals surface area (Å²) in [4.78, 5) is 11.8. The van der Waals surface area contributed by atoms with Crippen molar-refractivity contribution in [3.63, 3.8) is 0 Å². The van der Waals surface area contributed by atoms with Crippen molar-refractivity contribution in [1.29, 1.82) is 0 Å². The van der Waals surface area contributed by atoms with Crippen LogP contribution >= 0.6 is 11.8 Å². The maximum Gasteiger partial charge on any atom is 0.446 e. The van der Waals surface area contributed by atoms with E-state index in [4.69, 9.17) is 5.11 Å². The number of aliphatic hydroxyl groups is 1. The van der Waals surface area contributed by atoms with Gasteiger partial charge >= 0.3 is 5.51 Å². The van der Waals surface area contributed by atoms with E-state index >= 15 is 0 Å². The molecule has 21 heavy (non-hydrogen) atoms. The van der Waals surface area contributed by atoms with Crippen LogP contribution in [0.3, 0.4) is 0 Å². The third kappa shape index (κ3) is 7.40. The van der Waals surface area contributed by atoms with Crippen molar-refractivity contribution in [2.24, 2.45) is 5.41 Å². The predicted molar refractivity (Wildman–Crippen MR) is 78.4 cm³/mol. The summed E-state index contributed by atoms with van der Waals surface area (Å²) in [7, 11) is 0. The minimum absolute atomic E-state index is 0. The fraction of sp³-hybridized carbons (Fsp3) is 0.357. The Hall–Kier alpha value is -0.430. The summed E-state index contributed by atoms with van der Waals surface area (Å²) in [5.74, 6) is -0.242. The molecular formula is C14H15F3NaO2S. The Labute approximate surface area is 148 Å². The summed E-state index contributed by atoms with van der Waals surface area (Å²) < 4.78 is 36.6. The number of carbonyl (C=O) groups excluding carboxylic acids is 1. The molecule has 1 rings (SSSR count). The topological polar surface area (TPSA) is 37.3 Å². The molecule has 1 radical (unpaired) electrons. The van der Waals surface area contributed by atoms with E-state index < -0.39 is 10.9 Å². The largest absolute Gasteiger partial charge is 0.515 e. The first-order chi connectivity index (χ1) is 9.14. The molecule has 0 saturated heterocycles. The van der Waals surface area contributed by atoms with Crippen LogP contribution in [-0.2, 0) is 11.2 Å². The number of halogens is 3. The molecule has 111 valence electrons. The van der Waals surface area contributed by atoms with Gasteiger partial charge in [-0.3, -0.25) is 4.79 Å². The zero-order valence-electron chi connectivity index (χ0n) is 12.1. The molecule has 0 amide bonds. The molecule has 1 aromatic rings. The van der Waals surface area contributed by atoms with Crippen LogP contribution in [0, 0.1) is 5.41 Å². The maximum atomic E-state index is 12.2. The zero-order chi connectivity index (χ0) is 15.4. The molecule has 0 heterocycles. The molecule has 7 heteroatoms. The van der Waals surface area contributed by atoms with Crippen LogP contribution in [0.1, 0.15) is 19.4 Å². The number of hydrogen-bond donors (Lipinski definition) is 1. The molecule has 0 unspecified atom stereocenters. The van der Waals surface area contributed by atoms with E-state index in [1.54, 1.807) is 26.0 Å². The molecule has 0 atom stereocenters. The molecule has 0 saturated carbocycles. The zero-order valence-corrected chi connectivity index (χ0v) is 14.9. The molecule has 2 nitrogen and oxygen atoms in total. The third-order valence-electron chi connectivity index (χ3n) is 2.70. The quantitative estimate of drug-likeness (QED) is 0.382. The first kappa shape index (κ1) is 20.6. The van der Waals surface area contributed by atoms with Crippen LogP contribution in [0.15, 0.2) is 41.5 Å². The number of hydrogen-bond acceptors (Lipinski definition) is 3. The molecule has 0 spiro atoms. The smallest absolute Gasteiger partial charge is 0.446 e. The number of alkyl halides is 3. The Morgan fingerprint density at radius 1 is 1.24 bits per heavy atom. The van der Waals surface area contributed by atoms with Gasteiger partial charge in [-0.1, -0.05) is 26.0 Å². The van der Waals surface area contributed by atoms with Crippen molar-refractivity contribution in [3.8, 4) is 0 Å². The van der Waals surface area contributed by atoms with Crippen molar-refractivity contribution in [2.45, 2.75) is 30.7 Å². The van der Waals surface area contributed by atoms with Gasteiger partial charge in [0.05, 0.1) is 6.26 Å². The summed E-state index contributed by atoms with van der Waals surface area (Å²) in [6.45, 7) is 3.43. The van der Waals surface area contributed by atoms with Gasteiger partial charge in [0, 0.05) is 45.9 Å². The standard InChI is InChI=1S/C14H15F3O2S.Na/c1-13(2,12(19)7-8-18)9-10-3-5-11(6-4-10)20-14(15,16)17;/h3-8,18H,9H2,1-2H3;. The number of benzene rings is 1. The number of allylic oxidation sites excluding steroid dienone is 1. The van der Waals surface area contributed by atoms with Gasteiger partial charge in [0.15, 0.2) is 5.78 Å². The average molecular weight is 327 g/mol. The molecule has 0 aromatic heterocycles. The van der Waals surface area contributed by atoms with Crippen LogP contribution in [-0.4, -0.2) is 46.0 Å². The van der Waals surface area contributed by atoms with Crippen LogP contribution in [0.5, 0.6) is 0 Å². The number of rotatable bonds is 5. The molecule has 1 N–H and O–H groups in total. The maximum absolute atomic E-state index is 12.2. The number of carbonyl (C=O) groups is 1. The molecular weight excluding hydrogens is 312 g/mol. The summed E-state index contributed by atoms with van der Waals surface area (Å²) in [6.07, 6.45) is 2.15. The van der Waals surface area contributed by atoms with Gasteiger partial charge in [-0.25, -0.2) is 0 Å². The summed E-state index contributed by atoms with van der Waals surface area (Å²) in [6, 6.07) is 5.92. The van der Waals surface area contributed by atoms with Crippen LogP contribution in [0.25, 0.3) is 0 Å². The average Bonchev–Trinajstić information content (AvgIpc) is 2.30. The monoisotopic (exact) mass is 327 g/mol. The van der Waals surface area contributed by atoms with Crippen molar-refractivity contribution < 1.29 is 23.1 Å². The first-order valence-electron chi connectivity index (χ1n) is 5.84. The van der Waals surface area contributed by atoms with Gasteiger partial charge in [0.1, 0.15) is 0 Å². The number of aliphatic hydroxyl groups excluding tert-OH is 1. The Morgan fingerprint density at radius 3 is 2.19 bits per heavy atom. The summed E-state index contributed by atoms with van der Waals surface area (Å²) in [5, 5.41) is 8.60. The van der Waals surface area contributed by atoms with E-state index in [1.165, 1.54) is 12.1 Å². The van der Waals surface area contributed by atoms with E-state index in [-0.39, 0.29) is 52.0 Å². The van der Waals surface area contributed by atoms with E-state index in [2.05, 4.69) is 0 Å². The second-order valence-electron chi connectivity index (χ2n) is 4.93. The van der Waals surface area contributed by atoms with Crippen molar-refractivity contribution >= 4 is 47.1 Å². The minimum Gasteiger partial charge on any atom is -0.515 e. The second-order valence-corrected chi connectivity index (χ2v) is 6.07. The van der Waals surface area contributed by atoms with Crippen molar-refractivity contribution in [2.75, 3.05) is 0 Å². The third-order valence-corrected chi connectivity index (χ3v) is 3.44. The predicted octanol–water partition coefficient (Wildman–Crippen LogP) is 4.13. The molecule has 0 aliphatic heterocycles. The van der Waals surface area contributed by atoms with Gasteiger partial charge < -0.3 is 5.11 Å². The van der Waals surface area contributed by atoms with Crippen LogP contribution < -0.4 is 0 Å². The normalized spacial score (nSPS) is 12.2. The van der Waals surface area contributed by atoms with Gasteiger partial charge in [-0.05, 0) is 35.9 Å². The molecule has 0 fully saturated rings. The molecule has 0 aliphatic rings. The Bertz CT molecular complexity index is 496. The fourth-order valence-electron chi connectivity index (χ4n) is 1.70. The van der Waals surface area contributed by atoms with E-state index in [0.29, 0.717) is 12.7 Å². The summed E-state index contributed by atoms with van der Waals surface area (Å²) in [5.41, 5.74) is -4.26. The Balaban J connectivity index is 0.00000400. The fourth-order valence-corrected chi connectivity index (χ4v) is 2.24.